The van der Waals surface area contributed by atoms with E-state index in [1.807, 2.05) is 54.6 Å². The largest absolute Gasteiger partial charge is 0.457 e. The number of halogens is 1. The van der Waals surface area contributed by atoms with E-state index in [-0.39, 0.29) is 11.4 Å². The first kappa shape index (κ1) is 19.8. The van der Waals surface area contributed by atoms with Crippen molar-refractivity contribution in [3.05, 3.63) is 117 Å². The average Bonchev–Trinajstić information content (AvgIpc) is 3.33. The van der Waals surface area contributed by atoms with Gasteiger partial charge in [0.2, 0.25) is 4.96 Å². The van der Waals surface area contributed by atoms with Crippen LogP contribution >= 0.6 is 11.3 Å². The molecule has 156 valence electrons. The van der Waals surface area contributed by atoms with E-state index in [4.69, 9.17) is 4.74 Å². The van der Waals surface area contributed by atoms with Crippen LogP contribution in [0.5, 0.6) is 11.5 Å². The number of fused-ring (bicyclic) bond motifs is 1. The molecule has 0 N–H and O–H groups in total. The van der Waals surface area contributed by atoms with Crippen LogP contribution in [0.3, 0.4) is 0 Å². The van der Waals surface area contributed by atoms with Gasteiger partial charge in [-0.2, -0.15) is 9.50 Å². The highest BCUT2D eigenvalue weighted by atomic mass is 32.1. The van der Waals surface area contributed by atoms with Crippen LogP contribution in [0.15, 0.2) is 83.7 Å². The van der Waals surface area contributed by atoms with Gasteiger partial charge in [-0.05, 0) is 59.7 Å². The highest BCUT2D eigenvalue weighted by molar-refractivity contribution is 7.15. The third-order valence-corrected chi connectivity index (χ3v) is 5.59. The molecule has 0 atom stereocenters. The number of hydrogen-bond donors (Lipinski definition) is 0. The summed E-state index contributed by atoms with van der Waals surface area (Å²) < 4.78 is 20.7. The Hall–Kier alpha value is -4.10. The standard InChI is InChI=1S/C25H16FN3O2S/c26-19-12-9-17(10-13-19)11-14-23-27-25-29(28-23)24(30)22(32-25)16-18-5-4-8-21(15-18)31-20-6-2-1-3-7-20/h1-16H/b14-11+,22-16+. The number of thiazole rings is 1. The number of aromatic nitrogens is 3. The minimum Gasteiger partial charge on any atom is -0.457 e. The van der Waals surface area contributed by atoms with Gasteiger partial charge in [0.25, 0.3) is 5.56 Å². The molecule has 0 aliphatic heterocycles. The van der Waals surface area contributed by atoms with Crippen LogP contribution in [0.25, 0.3) is 23.2 Å². The van der Waals surface area contributed by atoms with Gasteiger partial charge in [-0.25, -0.2) is 4.39 Å². The second-order valence-electron chi connectivity index (χ2n) is 6.95. The molecule has 2 aromatic heterocycles. The summed E-state index contributed by atoms with van der Waals surface area (Å²) in [5.74, 6) is 1.56. The van der Waals surface area contributed by atoms with E-state index in [0.29, 0.717) is 21.1 Å². The van der Waals surface area contributed by atoms with Crippen molar-refractivity contribution >= 4 is 34.5 Å². The van der Waals surface area contributed by atoms with Gasteiger partial charge < -0.3 is 4.74 Å². The minimum atomic E-state index is -0.292. The third kappa shape index (κ3) is 4.33. The zero-order valence-electron chi connectivity index (χ0n) is 16.7. The molecule has 0 saturated heterocycles. The van der Waals surface area contributed by atoms with Crippen molar-refractivity contribution in [2.24, 2.45) is 0 Å². The lowest BCUT2D eigenvalue weighted by Crippen LogP contribution is -2.23. The summed E-state index contributed by atoms with van der Waals surface area (Å²) >= 11 is 1.27. The molecule has 32 heavy (non-hydrogen) atoms. The minimum absolute atomic E-state index is 0.228. The number of nitrogens with zero attached hydrogens (tertiary/aromatic N) is 3. The smallest absolute Gasteiger partial charge is 0.291 e. The van der Waals surface area contributed by atoms with Gasteiger partial charge in [-0.15, -0.1) is 5.10 Å². The fourth-order valence-corrected chi connectivity index (χ4v) is 4.02. The van der Waals surface area contributed by atoms with E-state index < -0.39 is 0 Å². The first-order valence-corrected chi connectivity index (χ1v) is 10.6. The predicted octanol–water partition coefficient (Wildman–Crippen LogP) is 4.80. The fraction of sp³-hybridized carbons (Fsp3) is 0. The van der Waals surface area contributed by atoms with Gasteiger partial charge >= 0.3 is 0 Å². The molecule has 2 heterocycles. The van der Waals surface area contributed by atoms with Crippen LogP contribution in [0.2, 0.25) is 0 Å². The molecule has 0 fully saturated rings. The Labute approximate surface area is 186 Å². The van der Waals surface area contributed by atoms with Crippen molar-refractivity contribution in [1.29, 1.82) is 0 Å². The number of para-hydroxylation sites is 1. The molecule has 0 unspecified atom stereocenters. The zero-order chi connectivity index (χ0) is 21.9. The molecule has 0 bridgehead atoms. The molecule has 0 saturated carbocycles. The Morgan fingerprint density at radius 3 is 2.44 bits per heavy atom. The topological polar surface area (TPSA) is 56.5 Å². The highest BCUT2D eigenvalue weighted by Gasteiger charge is 2.09. The summed E-state index contributed by atoms with van der Waals surface area (Å²) in [6.07, 6.45) is 5.27. The summed E-state index contributed by atoms with van der Waals surface area (Å²) in [4.78, 5) is 17.7. The van der Waals surface area contributed by atoms with Crippen molar-refractivity contribution in [2.75, 3.05) is 0 Å². The van der Waals surface area contributed by atoms with Crippen molar-refractivity contribution in [1.82, 2.24) is 14.6 Å². The molecule has 0 radical (unpaired) electrons. The Kier molecular flexibility index (Phi) is 5.31. The van der Waals surface area contributed by atoms with Gasteiger partial charge in [0.1, 0.15) is 17.3 Å². The average molecular weight is 441 g/mol. The molecular weight excluding hydrogens is 425 g/mol. The molecule has 0 amide bonds. The predicted molar refractivity (Wildman–Crippen MR) is 124 cm³/mol. The van der Waals surface area contributed by atoms with E-state index in [1.165, 1.54) is 28.0 Å². The summed E-state index contributed by atoms with van der Waals surface area (Å²) in [5, 5.41) is 4.28. The van der Waals surface area contributed by atoms with Crippen molar-refractivity contribution in [3.8, 4) is 11.5 Å². The van der Waals surface area contributed by atoms with E-state index >= 15 is 0 Å². The fourth-order valence-electron chi connectivity index (χ4n) is 3.11. The summed E-state index contributed by atoms with van der Waals surface area (Å²) in [5.41, 5.74) is 1.43. The van der Waals surface area contributed by atoms with Gasteiger partial charge in [0.15, 0.2) is 5.82 Å². The number of rotatable bonds is 5. The van der Waals surface area contributed by atoms with Crippen LogP contribution in [0, 0.1) is 5.82 Å². The summed E-state index contributed by atoms with van der Waals surface area (Å²) in [6.45, 7) is 0. The molecule has 7 heteroatoms. The van der Waals surface area contributed by atoms with Crippen molar-refractivity contribution in [2.45, 2.75) is 0 Å². The maximum atomic E-state index is 13.0. The van der Waals surface area contributed by atoms with Gasteiger partial charge in [0.05, 0.1) is 4.53 Å². The van der Waals surface area contributed by atoms with Crippen LogP contribution in [-0.4, -0.2) is 14.6 Å². The molecule has 0 spiro atoms. The number of hydrogen-bond acceptors (Lipinski definition) is 5. The Bertz CT molecular complexity index is 1520. The number of ether oxygens (including phenoxy) is 1. The summed E-state index contributed by atoms with van der Waals surface area (Å²) in [7, 11) is 0. The van der Waals surface area contributed by atoms with E-state index in [9.17, 15) is 9.18 Å². The first-order chi connectivity index (χ1) is 15.6. The van der Waals surface area contributed by atoms with Crippen molar-refractivity contribution in [3.63, 3.8) is 0 Å². The first-order valence-electron chi connectivity index (χ1n) is 9.82. The molecule has 3 aromatic carbocycles. The Morgan fingerprint density at radius 2 is 1.66 bits per heavy atom. The molecule has 5 aromatic rings. The van der Waals surface area contributed by atoms with Crippen LogP contribution in [0.4, 0.5) is 4.39 Å². The SMILES string of the molecule is O=c1/c(=C\c2cccc(Oc3ccccc3)c2)sc2nc(/C=C/c3ccc(F)cc3)nn12. The van der Waals surface area contributed by atoms with Gasteiger partial charge in [-0.3, -0.25) is 4.79 Å². The lowest BCUT2D eigenvalue weighted by molar-refractivity contribution is 0.482. The van der Waals surface area contributed by atoms with Crippen LogP contribution in [0.1, 0.15) is 17.0 Å². The van der Waals surface area contributed by atoms with Crippen LogP contribution in [-0.2, 0) is 0 Å². The second-order valence-corrected chi connectivity index (χ2v) is 7.96. The van der Waals surface area contributed by atoms with E-state index in [2.05, 4.69) is 10.1 Å². The number of benzene rings is 3. The zero-order valence-corrected chi connectivity index (χ0v) is 17.5. The lowest BCUT2D eigenvalue weighted by Gasteiger charge is -2.05. The monoisotopic (exact) mass is 441 g/mol. The Balaban J connectivity index is 1.41. The molecule has 0 aliphatic carbocycles. The molecule has 5 rings (SSSR count). The van der Waals surface area contributed by atoms with Gasteiger partial charge in [0, 0.05) is 0 Å². The maximum Gasteiger partial charge on any atom is 0.291 e. The Morgan fingerprint density at radius 1 is 0.875 bits per heavy atom. The van der Waals surface area contributed by atoms with Crippen LogP contribution < -0.4 is 14.8 Å². The van der Waals surface area contributed by atoms with E-state index in [1.54, 1.807) is 30.4 Å². The van der Waals surface area contributed by atoms with Crippen molar-refractivity contribution < 1.29 is 9.13 Å². The molecule has 5 nitrogen and oxygen atoms in total. The second kappa shape index (κ2) is 8.56. The quantitative estimate of drug-likeness (QED) is 0.393. The third-order valence-electron chi connectivity index (χ3n) is 4.63. The maximum absolute atomic E-state index is 13.0. The van der Waals surface area contributed by atoms with E-state index in [0.717, 1.165) is 16.9 Å². The molecular formula is C25H16FN3O2S. The normalized spacial score (nSPS) is 12.1. The highest BCUT2D eigenvalue weighted by Crippen LogP contribution is 2.22. The molecule has 0 aliphatic rings. The van der Waals surface area contributed by atoms with Gasteiger partial charge in [-0.1, -0.05) is 59.9 Å². The lowest BCUT2D eigenvalue weighted by atomic mass is 10.2. The summed E-state index contributed by atoms with van der Waals surface area (Å²) in [6, 6.07) is 23.1.